The molecule has 0 aliphatic carbocycles. The highest BCUT2D eigenvalue weighted by atomic mass is 79.9. The standard InChI is InChI=1S/C10H7BrClNO3/c11-6-1-2-7(12)8(5-6)13-9(14)3-4-10(15)16/h1-5H,(H,13,14)(H,15,16). The van der Waals surface area contributed by atoms with Gasteiger partial charge in [-0.25, -0.2) is 4.79 Å². The maximum Gasteiger partial charge on any atom is 0.328 e. The molecular weight excluding hydrogens is 297 g/mol. The molecule has 0 unspecified atom stereocenters. The molecule has 0 bridgehead atoms. The van der Waals surface area contributed by atoms with Gasteiger partial charge in [-0.2, -0.15) is 0 Å². The number of carbonyl (C=O) groups excluding carboxylic acids is 1. The molecule has 0 radical (unpaired) electrons. The van der Waals surface area contributed by atoms with E-state index in [1.165, 1.54) is 0 Å². The van der Waals surface area contributed by atoms with E-state index in [0.717, 1.165) is 16.6 Å². The topological polar surface area (TPSA) is 66.4 Å². The van der Waals surface area contributed by atoms with Gasteiger partial charge in [0.25, 0.3) is 0 Å². The Kier molecular flexibility index (Phi) is 4.52. The summed E-state index contributed by atoms with van der Waals surface area (Å²) in [5.74, 6) is -1.74. The van der Waals surface area contributed by atoms with Crippen LogP contribution in [-0.2, 0) is 9.59 Å². The second-order valence-electron chi connectivity index (χ2n) is 2.78. The largest absolute Gasteiger partial charge is 0.478 e. The molecule has 1 aromatic carbocycles. The van der Waals surface area contributed by atoms with Gasteiger partial charge in [-0.15, -0.1) is 0 Å². The molecule has 0 atom stereocenters. The number of nitrogens with one attached hydrogen (secondary N) is 1. The Balaban J connectivity index is 2.77. The molecule has 0 aliphatic heterocycles. The molecular formula is C10H7BrClNO3. The SMILES string of the molecule is O=C(O)C=CC(=O)Nc1cc(Br)ccc1Cl. The zero-order chi connectivity index (χ0) is 12.1. The maximum atomic E-state index is 11.2. The van der Waals surface area contributed by atoms with Crippen LogP contribution in [0.4, 0.5) is 5.69 Å². The maximum absolute atomic E-state index is 11.2. The molecule has 0 spiro atoms. The van der Waals surface area contributed by atoms with Crippen LogP contribution in [-0.4, -0.2) is 17.0 Å². The predicted octanol–water partition coefficient (Wildman–Crippen LogP) is 2.68. The lowest BCUT2D eigenvalue weighted by atomic mass is 10.3. The van der Waals surface area contributed by atoms with Crippen LogP contribution in [0.15, 0.2) is 34.8 Å². The minimum absolute atomic E-state index is 0.375. The lowest BCUT2D eigenvalue weighted by molar-refractivity contribution is -0.131. The van der Waals surface area contributed by atoms with E-state index in [2.05, 4.69) is 21.2 Å². The van der Waals surface area contributed by atoms with Gasteiger partial charge in [-0.1, -0.05) is 27.5 Å². The van der Waals surface area contributed by atoms with Crippen molar-refractivity contribution in [2.45, 2.75) is 0 Å². The van der Waals surface area contributed by atoms with E-state index in [1.54, 1.807) is 18.2 Å². The molecule has 2 N–H and O–H groups in total. The van der Waals surface area contributed by atoms with Crippen LogP contribution in [0, 0.1) is 0 Å². The second-order valence-corrected chi connectivity index (χ2v) is 4.11. The highest BCUT2D eigenvalue weighted by Gasteiger charge is 2.04. The zero-order valence-electron chi connectivity index (χ0n) is 7.91. The van der Waals surface area contributed by atoms with Crippen LogP contribution in [0.25, 0.3) is 0 Å². The summed E-state index contributed by atoms with van der Waals surface area (Å²) in [6, 6.07) is 4.96. The molecule has 1 aromatic rings. The number of halogens is 2. The van der Waals surface area contributed by atoms with Crippen molar-refractivity contribution in [3.8, 4) is 0 Å². The van der Waals surface area contributed by atoms with Crippen molar-refractivity contribution < 1.29 is 14.7 Å². The molecule has 0 fully saturated rings. The van der Waals surface area contributed by atoms with Crippen LogP contribution in [0.3, 0.4) is 0 Å². The zero-order valence-corrected chi connectivity index (χ0v) is 10.2. The lowest BCUT2D eigenvalue weighted by Crippen LogP contribution is -2.09. The van der Waals surface area contributed by atoms with E-state index in [-0.39, 0.29) is 0 Å². The summed E-state index contributed by atoms with van der Waals surface area (Å²) in [4.78, 5) is 21.4. The van der Waals surface area contributed by atoms with Crippen LogP contribution in [0.2, 0.25) is 5.02 Å². The first-order valence-electron chi connectivity index (χ1n) is 4.16. The summed E-state index contributed by atoms with van der Waals surface area (Å²) in [7, 11) is 0. The third-order valence-corrected chi connectivity index (χ3v) is 2.39. The average Bonchev–Trinajstić information content (AvgIpc) is 2.20. The molecule has 84 valence electrons. The number of hydrogen-bond acceptors (Lipinski definition) is 2. The first kappa shape index (κ1) is 12.7. The Morgan fingerprint density at radius 2 is 2.06 bits per heavy atom. The number of carbonyl (C=O) groups is 2. The van der Waals surface area contributed by atoms with Gasteiger partial charge in [-0.05, 0) is 18.2 Å². The van der Waals surface area contributed by atoms with Crippen molar-refractivity contribution in [2.24, 2.45) is 0 Å². The number of amides is 1. The van der Waals surface area contributed by atoms with Crippen molar-refractivity contribution in [3.63, 3.8) is 0 Å². The number of benzene rings is 1. The van der Waals surface area contributed by atoms with Crippen LogP contribution < -0.4 is 5.32 Å². The molecule has 4 nitrogen and oxygen atoms in total. The molecule has 1 rings (SSSR count). The fourth-order valence-corrected chi connectivity index (χ4v) is 1.44. The first-order valence-corrected chi connectivity index (χ1v) is 5.33. The van der Waals surface area contributed by atoms with Gasteiger partial charge < -0.3 is 10.4 Å². The number of carboxylic acid groups (broad SMARTS) is 1. The summed E-state index contributed by atoms with van der Waals surface area (Å²) in [5.41, 5.74) is 0.413. The fourth-order valence-electron chi connectivity index (χ4n) is 0.915. The summed E-state index contributed by atoms with van der Waals surface area (Å²) in [6.45, 7) is 0. The number of anilines is 1. The molecule has 6 heteroatoms. The summed E-state index contributed by atoms with van der Waals surface area (Å²) < 4.78 is 0.759. The van der Waals surface area contributed by atoms with E-state index in [0.29, 0.717) is 10.7 Å². The fraction of sp³-hybridized carbons (Fsp3) is 0. The summed E-state index contributed by atoms with van der Waals surface area (Å²) >= 11 is 9.05. The van der Waals surface area contributed by atoms with Gasteiger partial charge >= 0.3 is 5.97 Å². The van der Waals surface area contributed by atoms with Gasteiger partial charge in [-0.3, -0.25) is 4.79 Å². The Bertz CT molecular complexity index is 459. The van der Waals surface area contributed by atoms with Gasteiger partial charge in [0.05, 0.1) is 10.7 Å². The highest BCUT2D eigenvalue weighted by Crippen LogP contribution is 2.25. The number of hydrogen-bond donors (Lipinski definition) is 2. The molecule has 0 heterocycles. The van der Waals surface area contributed by atoms with Gasteiger partial charge in [0.15, 0.2) is 0 Å². The minimum Gasteiger partial charge on any atom is -0.478 e. The third-order valence-electron chi connectivity index (χ3n) is 1.56. The Hall–Kier alpha value is -1.33. The van der Waals surface area contributed by atoms with E-state index < -0.39 is 11.9 Å². The highest BCUT2D eigenvalue weighted by molar-refractivity contribution is 9.10. The normalized spacial score (nSPS) is 10.4. The van der Waals surface area contributed by atoms with E-state index >= 15 is 0 Å². The predicted molar refractivity (Wildman–Crippen MR) is 64.6 cm³/mol. The smallest absolute Gasteiger partial charge is 0.328 e. The Morgan fingerprint density at radius 1 is 1.38 bits per heavy atom. The Morgan fingerprint density at radius 3 is 2.69 bits per heavy atom. The van der Waals surface area contributed by atoms with Gasteiger partial charge in [0, 0.05) is 16.6 Å². The second kappa shape index (κ2) is 5.67. The quantitative estimate of drug-likeness (QED) is 0.844. The lowest BCUT2D eigenvalue weighted by Gasteiger charge is -2.04. The van der Waals surface area contributed by atoms with Crippen molar-refractivity contribution in [1.82, 2.24) is 0 Å². The molecule has 0 aliphatic rings. The van der Waals surface area contributed by atoms with Crippen LogP contribution in [0.5, 0.6) is 0 Å². The van der Waals surface area contributed by atoms with Gasteiger partial charge in [0.1, 0.15) is 0 Å². The van der Waals surface area contributed by atoms with Gasteiger partial charge in [0.2, 0.25) is 5.91 Å². The minimum atomic E-state index is -1.18. The van der Waals surface area contributed by atoms with E-state index in [4.69, 9.17) is 16.7 Å². The van der Waals surface area contributed by atoms with Crippen molar-refractivity contribution in [2.75, 3.05) is 5.32 Å². The number of aliphatic carboxylic acids is 1. The van der Waals surface area contributed by atoms with E-state index in [9.17, 15) is 9.59 Å². The van der Waals surface area contributed by atoms with Crippen molar-refractivity contribution in [1.29, 1.82) is 0 Å². The molecule has 1 amide bonds. The third kappa shape index (κ3) is 4.04. The molecule has 16 heavy (non-hydrogen) atoms. The summed E-state index contributed by atoms with van der Waals surface area (Å²) in [6.07, 6.45) is 1.67. The Labute approximate surface area is 105 Å². The van der Waals surface area contributed by atoms with Crippen LogP contribution >= 0.6 is 27.5 Å². The molecule has 0 saturated heterocycles. The first-order chi connectivity index (χ1) is 7.49. The number of rotatable bonds is 3. The van der Waals surface area contributed by atoms with E-state index in [1.807, 2.05) is 0 Å². The van der Waals surface area contributed by atoms with Crippen molar-refractivity contribution in [3.05, 3.63) is 39.8 Å². The summed E-state index contributed by atoms with van der Waals surface area (Å²) in [5, 5.41) is 11.2. The van der Waals surface area contributed by atoms with Crippen molar-refractivity contribution >= 4 is 45.1 Å². The molecule has 0 aromatic heterocycles. The molecule has 0 saturated carbocycles. The average molecular weight is 305 g/mol. The van der Waals surface area contributed by atoms with Crippen LogP contribution in [0.1, 0.15) is 0 Å². The monoisotopic (exact) mass is 303 g/mol. The number of carboxylic acids is 1.